The fraction of sp³-hybridized carbons (Fsp3) is 0.750. The minimum atomic E-state index is -0.493. The first-order valence-corrected chi connectivity index (χ1v) is 5.62. The Morgan fingerprint density at radius 1 is 1.19 bits per heavy atom. The molecule has 0 aromatic carbocycles. The highest BCUT2D eigenvalue weighted by Crippen LogP contribution is 2.39. The third-order valence-corrected chi connectivity index (χ3v) is 3.42. The van der Waals surface area contributed by atoms with Gasteiger partial charge in [-0.2, -0.15) is 5.26 Å². The summed E-state index contributed by atoms with van der Waals surface area (Å²) in [5.74, 6) is 2.09. The Bertz CT molecular complexity index is 324. The molecule has 2 fully saturated rings. The van der Waals surface area contributed by atoms with Gasteiger partial charge in [0.2, 0.25) is 0 Å². The number of nitrogens with one attached hydrogen (secondary N) is 1. The molecule has 1 spiro atoms. The van der Waals surface area contributed by atoms with Crippen molar-refractivity contribution in [2.45, 2.75) is 37.0 Å². The molecule has 1 heterocycles. The van der Waals surface area contributed by atoms with Gasteiger partial charge in [-0.25, -0.2) is 0 Å². The molecule has 1 saturated heterocycles. The van der Waals surface area contributed by atoms with Gasteiger partial charge in [0, 0.05) is 12.8 Å². The lowest BCUT2D eigenvalue weighted by atomic mass is 9.79. The Kier molecular flexibility index (Phi) is 3.16. The monoisotopic (exact) mass is 220 g/mol. The summed E-state index contributed by atoms with van der Waals surface area (Å²) in [5, 5.41) is 12.4. The second-order valence-electron chi connectivity index (χ2n) is 4.36. The van der Waals surface area contributed by atoms with Crippen LogP contribution in [-0.2, 0) is 9.47 Å². The molecule has 4 heteroatoms. The van der Waals surface area contributed by atoms with Crippen molar-refractivity contribution in [2.75, 3.05) is 19.8 Å². The van der Waals surface area contributed by atoms with E-state index in [1.165, 1.54) is 0 Å². The van der Waals surface area contributed by atoms with Crippen molar-refractivity contribution in [3.63, 3.8) is 0 Å². The number of nitriles is 1. The van der Waals surface area contributed by atoms with E-state index >= 15 is 0 Å². The summed E-state index contributed by atoms with van der Waals surface area (Å²) in [6.07, 6.45) is 8.18. The average Bonchev–Trinajstić information content (AvgIpc) is 2.78. The SMILES string of the molecule is C#CCNC1(C#N)CCC2(CC1)OCCO2. The van der Waals surface area contributed by atoms with E-state index in [0.717, 1.165) is 25.7 Å². The van der Waals surface area contributed by atoms with E-state index in [4.69, 9.17) is 15.9 Å². The zero-order valence-electron chi connectivity index (χ0n) is 9.29. The van der Waals surface area contributed by atoms with Crippen LogP contribution in [0.2, 0.25) is 0 Å². The highest BCUT2D eigenvalue weighted by atomic mass is 16.7. The molecule has 0 amide bonds. The quantitative estimate of drug-likeness (QED) is 0.699. The third kappa shape index (κ3) is 2.05. The molecule has 0 bridgehead atoms. The topological polar surface area (TPSA) is 54.3 Å². The number of terminal acetylenes is 1. The molecular formula is C12H16N2O2. The van der Waals surface area contributed by atoms with Gasteiger partial charge in [-0.3, -0.25) is 5.32 Å². The summed E-state index contributed by atoms with van der Waals surface area (Å²) in [6, 6.07) is 2.34. The van der Waals surface area contributed by atoms with Crippen LogP contribution in [0.3, 0.4) is 0 Å². The maximum absolute atomic E-state index is 9.24. The summed E-state index contributed by atoms with van der Waals surface area (Å²) in [5.41, 5.74) is -0.493. The van der Waals surface area contributed by atoms with Gasteiger partial charge >= 0.3 is 0 Å². The Hall–Kier alpha value is -1.07. The number of hydrogen-bond donors (Lipinski definition) is 1. The molecule has 1 aliphatic heterocycles. The molecule has 4 nitrogen and oxygen atoms in total. The molecule has 16 heavy (non-hydrogen) atoms. The fourth-order valence-electron chi connectivity index (χ4n) is 2.39. The molecular weight excluding hydrogens is 204 g/mol. The summed E-state index contributed by atoms with van der Waals surface area (Å²) < 4.78 is 11.2. The van der Waals surface area contributed by atoms with E-state index in [1.54, 1.807) is 0 Å². The number of nitrogens with zero attached hydrogens (tertiary/aromatic N) is 1. The smallest absolute Gasteiger partial charge is 0.168 e. The van der Waals surface area contributed by atoms with E-state index < -0.39 is 11.3 Å². The molecule has 0 aromatic rings. The van der Waals surface area contributed by atoms with Gasteiger partial charge < -0.3 is 9.47 Å². The molecule has 1 N–H and O–H groups in total. The number of hydrogen-bond acceptors (Lipinski definition) is 4. The number of rotatable bonds is 2. The zero-order chi connectivity index (χ0) is 11.5. The van der Waals surface area contributed by atoms with Gasteiger partial charge in [0.1, 0.15) is 5.54 Å². The maximum Gasteiger partial charge on any atom is 0.168 e. The van der Waals surface area contributed by atoms with Crippen molar-refractivity contribution in [2.24, 2.45) is 0 Å². The molecule has 0 atom stereocenters. The molecule has 1 saturated carbocycles. The standard InChI is InChI=1S/C12H16N2O2/c1-2-7-14-11(10-13)3-5-12(6-4-11)15-8-9-16-12/h1,14H,3-9H2. The Balaban J connectivity index is 1.97. The van der Waals surface area contributed by atoms with E-state index in [1.807, 2.05) is 0 Å². The molecule has 2 rings (SSSR count). The first-order valence-electron chi connectivity index (χ1n) is 5.62. The van der Waals surface area contributed by atoms with Crippen molar-refractivity contribution in [3.8, 4) is 18.4 Å². The Labute approximate surface area is 95.9 Å². The van der Waals surface area contributed by atoms with Crippen molar-refractivity contribution < 1.29 is 9.47 Å². The minimum Gasteiger partial charge on any atom is -0.348 e. The predicted octanol–water partition coefficient (Wildman–Crippen LogP) is 0.789. The van der Waals surface area contributed by atoms with Crippen LogP contribution in [0.1, 0.15) is 25.7 Å². The van der Waals surface area contributed by atoms with Crippen LogP contribution in [0.15, 0.2) is 0 Å². The van der Waals surface area contributed by atoms with E-state index in [0.29, 0.717) is 19.8 Å². The predicted molar refractivity (Wildman–Crippen MR) is 58.3 cm³/mol. The molecule has 0 unspecified atom stereocenters. The normalized spacial score (nSPS) is 26.1. The molecule has 2 aliphatic rings. The van der Waals surface area contributed by atoms with E-state index in [9.17, 15) is 5.26 Å². The second-order valence-corrected chi connectivity index (χ2v) is 4.36. The second kappa shape index (κ2) is 4.43. The van der Waals surface area contributed by atoms with Crippen molar-refractivity contribution >= 4 is 0 Å². The Morgan fingerprint density at radius 2 is 1.81 bits per heavy atom. The molecule has 0 aromatic heterocycles. The van der Waals surface area contributed by atoms with Crippen molar-refractivity contribution in [3.05, 3.63) is 0 Å². The summed E-state index contributed by atoms with van der Waals surface area (Å²) in [6.45, 7) is 1.76. The van der Waals surface area contributed by atoms with Gasteiger partial charge in [0.25, 0.3) is 0 Å². The summed E-state index contributed by atoms with van der Waals surface area (Å²) in [7, 11) is 0. The first-order chi connectivity index (χ1) is 7.74. The summed E-state index contributed by atoms with van der Waals surface area (Å²) >= 11 is 0. The molecule has 86 valence electrons. The van der Waals surface area contributed by atoms with E-state index in [-0.39, 0.29) is 0 Å². The van der Waals surface area contributed by atoms with Crippen LogP contribution in [-0.4, -0.2) is 31.1 Å². The molecule has 1 aliphatic carbocycles. The zero-order valence-corrected chi connectivity index (χ0v) is 9.29. The van der Waals surface area contributed by atoms with Crippen LogP contribution in [0, 0.1) is 23.7 Å². The van der Waals surface area contributed by atoms with Gasteiger partial charge in [0.05, 0.1) is 25.8 Å². The van der Waals surface area contributed by atoms with Gasteiger partial charge in [0.15, 0.2) is 5.79 Å². The lowest BCUT2D eigenvalue weighted by Crippen LogP contribution is -2.51. The van der Waals surface area contributed by atoms with Crippen LogP contribution >= 0.6 is 0 Å². The van der Waals surface area contributed by atoms with Crippen molar-refractivity contribution in [1.82, 2.24) is 5.32 Å². The lowest BCUT2D eigenvalue weighted by molar-refractivity contribution is -0.183. The van der Waals surface area contributed by atoms with Crippen molar-refractivity contribution in [1.29, 1.82) is 5.26 Å². The minimum absolute atomic E-state index is 0.418. The largest absolute Gasteiger partial charge is 0.348 e. The van der Waals surface area contributed by atoms with Crippen LogP contribution in [0.5, 0.6) is 0 Å². The number of ether oxygens (including phenoxy) is 2. The van der Waals surface area contributed by atoms with E-state index in [2.05, 4.69) is 17.3 Å². The summed E-state index contributed by atoms with van der Waals surface area (Å²) in [4.78, 5) is 0. The molecule has 0 radical (unpaired) electrons. The Morgan fingerprint density at radius 3 is 2.31 bits per heavy atom. The maximum atomic E-state index is 9.24. The van der Waals surface area contributed by atoms with Crippen LogP contribution in [0.4, 0.5) is 0 Å². The first kappa shape index (κ1) is 11.4. The average molecular weight is 220 g/mol. The van der Waals surface area contributed by atoms with Gasteiger partial charge in [-0.05, 0) is 12.8 Å². The fourth-order valence-corrected chi connectivity index (χ4v) is 2.39. The third-order valence-electron chi connectivity index (χ3n) is 3.42. The highest BCUT2D eigenvalue weighted by Gasteiger charge is 2.46. The van der Waals surface area contributed by atoms with Gasteiger partial charge in [-0.1, -0.05) is 5.92 Å². The lowest BCUT2D eigenvalue weighted by Gasteiger charge is -2.39. The van der Waals surface area contributed by atoms with Gasteiger partial charge in [-0.15, -0.1) is 6.42 Å². The van der Waals surface area contributed by atoms with Crippen LogP contribution in [0.25, 0.3) is 0 Å². The van der Waals surface area contributed by atoms with Crippen LogP contribution < -0.4 is 5.32 Å². The highest BCUT2D eigenvalue weighted by molar-refractivity contribution is 5.12.